The standard InChI is InChI=1S/C25H28N4O3S/c1-19-8-7-9-22(14-19)29-13-12-28(18-20(29)2)25(30)21-15-23(17-26-16-21)27(3)33(31,32)24-10-5-4-6-11-24/h4-11,14-17,20H,12-13,18H2,1-3H3. The number of hydrogen-bond donors (Lipinski definition) is 0. The Hall–Kier alpha value is -3.39. The minimum absolute atomic E-state index is 0.148. The van der Waals surface area contributed by atoms with Gasteiger partial charge in [0.1, 0.15) is 0 Å². The molecule has 1 atom stereocenters. The highest BCUT2D eigenvalue weighted by molar-refractivity contribution is 7.92. The fourth-order valence-corrected chi connectivity index (χ4v) is 5.32. The van der Waals surface area contributed by atoms with Crippen molar-refractivity contribution in [3.05, 3.63) is 84.2 Å². The summed E-state index contributed by atoms with van der Waals surface area (Å²) in [5, 5.41) is 0. The van der Waals surface area contributed by atoms with Crippen LogP contribution in [0.15, 0.2) is 78.0 Å². The van der Waals surface area contributed by atoms with Crippen LogP contribution < -0.4 is 9.21 Å². The zero-order valence-electron chi connectivity index (χ0n) is 19.0. The fraction of sp³-hybridized carbons (Fsp3) is 0.280. The average molecular weight is 465 g/mol. The highest BCUT2D eigenvalue weighted by atomic mass is 32.2. The SMILES string of the molecule is Cc1cccc(N2CCN(C(=O)c3cncc(N(C)S(=O)(=O)c4ccccc4)c3)CC2C)c1. The van der Waals surface area contributed by atoms with Crippen LogP contribution in [-0.2, 0) is 10.0 Å². The molecule has 0 radical (unpaired) electrons. The third kappa shape index (κ3) is 4.71. The van der Waals surface area contributed by atoms with E-state index in [4.69, 9.17) is 0 Å². The number of anilines is 2. The maximum atomic E-state index is 13.2. The van der Waals surface area contributed by atoms with Crippen LogP contribution in [0.4, 0.5) is 11.4 Å². The van der Waals surface area contributed by atoms with Crippen LogP contribution in [0.2, 0.25) is 0 Å². The van der Waals surface area contributed by atoms with E-state index in [1.165, 1.54) is 25.0 Å². The zero-order valence-corrected chi connectivity index (χ0v) is 19.9. The van der Waals surface area contributed by atoms with Crippen molar-refractivity contribution >= 4 is 27.3 Å². The van der Waals surface area contributed by atoms with Crippen molar-refractivity contribution in [1.82, 2.24) is 9.88 Å². The Morgan fingerprint density at radius 3 is 2.48 bits per heavy atom. The van der Waals surface area contributed by atoms with Crippen LogP contribution in [0.1, 0.15) is 22.8 Å². The lowest BCUT2D eigenvalue weighted by Gasteiger charge is -2.41. The molecule has 1 fully saturated rings. The van der Waals surface area contributed by atoms with Crippen molar-refractivity contribution in [2.75, 3.05) is 35.9 Å². The first-order valence-electron chi connectivity index (χ1n) is 10.9. The summed E-state index contributed by atoms with van der Waals surface area (Å²) < 4.78 is 27.1. The van der Waals surface area contributed by atoms with Crippen LogP contribution in [-0.4, -0.2) is 56.9 Å². The van der Waals surface area contributed by atoms with Crippen molar-refractivity contribution in [2.24, 2.45) is 0 Å². The van der Waals surface area contributed by atoms with Gasteiger partial charge in [-0.05, 0) is 49.7 Å². The van der Waals surface area contributed by atoms with E-state index in [0.717, 1.165) is 16.5 Å². The highest BCUT2D eigenvalue weighted by Crippen LogP contribution is 2.25. The summed E-state index contributed by atoms with van der Waals surface area (Å²) in [6.07, 6.45) is 2.95. The molecular formula is C25H28N4O3S. The molecule has 1 saturated heterocycles. The quantitative estimate of drug-likeness (QED) is 0.577. The van der Waals surface area contributed by atoms with Crippen LogP contribution >= 0.6 is 0 Å². The van der Waals surface area contributed by atoms with Gasteiger partial charge in [-0.3, -0.25) is 14.1 Å². The normalized spacial score (nSPS) is 16.5. The number of aromatic nitrogens is 1. The Morgan fingerprint density at radius 1 is 1.03 bits per heavy atom. The molecule has 4 rings (SSSR count). The van der Waals surface area contributed by atoms with Crippen molar-refractivity contribution in [2.45, 2.75) is 24.8 Å². The van der Waals surface area contributed by atoms with Gasteiger partial charge < -0.3 is 9.80 Å². The second-order valence-electron chi connectivity index (χ2n) is 8.35. The van der Waals surface area contributed by atoms with E-state index in [0.29, 0.717) is 24.3 Å². The fourth-order valence-electron chi connectivity index (χ4n) is 4.12. The number of hydrogen-bond acceptors (Lipinski definition) is 5. The minimum atomic E-state index is -3.75. The Balaban J connectivity index is 1.50. The van der Waals surface area contributed by atoms with Gasteiger partial charge in [-0.2, -0.15) is 0 Å². The molecule has 8 heteroatoms. The lowest BCUT2D eigenvalue weighted by Crippen LogP contribution is -2.53. The molecule has 0 aliphatic carbocycles. The molecule has 172 valence electrons. The number of amides is 1. The Morgan fingerprint density at radius 2 is 1.79 bits per heavy atom. The molecule has 0 saturated carbocycles. The van der Waals surface area contributed by atoms with E-state index >= 15 is 0 Å². The van der Waals surface area contributed by atoms with Crippen LogP contribution in [0.3, 0.4) is 0 Å². The van der Waals surface area contributed by atoms with E-state index in [1.807, 2.05) is 11.0 Å². The number of carbonyl (C=O) groups is 1. The number of piperazine rings is 1. The van der Waals surface area contributed by atoms with Gasteiger partial charge in [-0.1, -0.05) is 30.3 Å². The molecule has 2 aromatic carbocycles. The molecule has 33 heavy (non-hydrogen) atoms. The number of sulfonamides is 1. The van der Waals surface area contributed by atoms with Crippen molar-refractivity contribution in [1.29, 1.82) is 0 Å². The first-order valence-corrected chi connectivity index (χ1v) is 12.3. The first-order chi connectivity index (χ1) is 15.8. The molecule has 1 aromatic heterocycles. The van der Waals surface area contributed by atoms with Gasteiger partial charge in [0.05, 0.1) is 22.3 Å². The summed E-state index contributed by atoms with van der Waals surface area (Å²) in [5.41, 5.74) is 3.08. The molecule has 2 heterocycles. The second-order valence-corrected chi connectivity index (χ2v) is 10.3. The van der Waals surface area contributed by atoms with Crippen molar-refractivity contribution < 1.29 is 13.2 Å². The number of nitrogens with zero attached hydrogens (tertiary/aromatic N) is 4. The van der Waals surface area contributed by atoms with E-state index < -0.39 is 10.0 Å². The molecule has 7 nitrogen and oxygen atoms in total. The summed E-state index contributed by atoms with van der Waals surface area (Å²) in [7, 11) is -2.28. The van der Waals surface area contributed by atoms with Gasteiger partial charge >= 0.3 is 0 Å². The van der Waals surface area contributed by atoms with Crippen molar-refractivity contribution in [3.63, 3.8) is 0 Å². The monoisotopic (exact) mass is 464 g/mol. The predicted molar refractivity (Wildman–Crippen MR) is 130 cm³/mol. The summed E-state index contributed by atoms with van der Waals surface area (Å²) in [6.45, 7) is 6.07. The van der Waals surface area contributed by atoms with Gasteiger partial charge in [-0.15, -0.1) is 0 Å². The number of aryl methyl sites for hydroxylation is 1. The maximum absolute atomic E-state index is 13.2. The van der Waals surface area contributed by atoms with Crippen LogP contribution in [0, 0.1) is 6.92 Å². The van der Waals surface area contributed by atoms with Gasteiger partial charge in [0.15, 0.2) is 0 Å². The summed E-state index contributed by atoms with van der Waals surface area (Å²) >= 11 is 0. The molecular weight excluding hydrogens is 436 g/mol. The smallest absolute Gasteiger partial charge is 0.264 e. The molecule has 1 aliphatic heterocycles. The lowest BCUT2D eigenvalue weighted by atomic mass is 10.1. The third-order valence-corrected chi connectivity index (χ3v) is 7.78. The molecule has 0 spiro atoms. The second kappa shape index (κ2) is 9.23. The Labute approximate surface area is 195 Å². The van der Waals surface area contributed by atoms with Gasteiger partial charge in [0.2, 0.25) is 0 Å². The highest BCUT2D eigenvalue weighted by Gasteiger charge is 2.28. The van der Waals surface area contributed by atoms with Gasteiger partial charge in [0, 0.05) is 44.6 Å². The number of pyridine rings is 1. The van der Waals surface area contributed by atoms with Gasteiger partial charge in [0.25, 0.3) is 15.9 Å². The summed E-state index contributed by atoms with van der Waals surface area (Å²) in [4.78, 5) is 21.7. The zero-order chi connectivity index (χ0) is 23.6. The summed E-state index contributed by atoms with van der Waals surface area (Å²) in [6, 6.07) is 18.3. The number of benzene rings is 2. The first kappa shape index (κ1) is 22.8. The third-order valence-electron chi connectivity index (χ3n) is 5.98. The Kier molecular flexibility index (Phi) is 6.37. The largest absolute Gasteiger partial charge is 0.365 e. The topological polar surface area (TPSA) is 73.8 Å². The molecule has 1 unspecified atom stereocenters. The van der Waals surface area contributed by atoms with E-state index in [2.05, 4.69) is 41.9 Å². The minimum Gasteiger partial charge on any atom is -0.365 e. The molecule has 0 bridgehead atoms. The van der Waals surface area contributed by atoms with E-state index in [-0.39, 0.29) is 16.8 Å². The lowest BCUT2D eigenvalue weighted by molar-refractivity contribution is 0.0726. The van der Waals surface area contributed by atoms with E-state index in [9.17, 15) is 13.2 Å². The predicted octanol–water partition coefficient (Wildman–Crippen LogP) is 3.57. The van der Waals surface area contributed by atoms with E-state index in [1.54, 1.807) is 36.4 Å². The van der Waals surface area contributed by atoms with Gasteiger partial charge in [-0.25, -0.2) is 8.42 Å². The molecule has 1 aliphatic rings. The van der Waals surface area contributed by atoms with Crippen molar-refractivity contribution in [3.8, 4) is 0 Å². The van der Waals surface area contributed by atoms with Crippen LogP contribution in [0.5, 0.6) is 0 Å². The summed E-state index contributed by atoms with van der Waals surface area (Å²) in [5.74, 6) is -0.148. The Bertz CT molecular complexity index is 1250. The molecule has 1 amide bonds. The average Bonchev–Trinajstić information content (AvgIpc) is 2.83. The number of carbonyl (C=O) groups excluding carboxylic acids is 1. The number of rotatable bonds is 5. The van der Waals surface area contributed by atoms with Crippen LogP contribution in [0.25, 0.3) is 0 Å². The maximum Gasteiger partial charge on any atom is 0.264 e. The molecule has 0 N–H and O–H groups in total. The molecule has 3 aromatic rings.